The fourth-order valence-electron chi connectivity index (χ4n) is 2.13. The summed E-state index contributed by atoms with van der Waals surface area (Å²) in [7, 11) is 0. The lowest BCUT2D eigenvalue weighted by Crippen LogP contribution is -2.23. The number of benzene rings is 1. The van der Waals surface area contributed by atoms with Crippen LogP contribution in [0.2, 0.25) is 0 Å². The van der Waals surface area contributed by atoms with E-state index >= 15 is 0 Å². The van der Waals surface area contributed by atoms with E-state index in [1.807, 2.05) is 30.3 Å². The highest BCUT2D eigenvalue weighted by Gasteiger charge is 2.13. The summed E-state index contributed by atoms with van der Waals surface area (Å²) in [6.07, 6.45) is 4.78. The Labute approximate surface area is 145 Å². The van der Waals surface area contributed by atoms with Gasteiger partial charge in [-0.05, 0) is 0 Å². The minimum Gasteiger partial charge on any atom is -0.344 e. The summed E-state index contributed by atoms with van der Waals surface area (Å²) in [4.78, 5) is 12.2. The number of aromatic nitrogens is 7. The Morgan fingerprint density at radius 2 is 2.08 bits per heavy atom. The molecule has 0 aliphatic carbocycles. The van der Waals surface area contributed by atoms with Crippen molar-refractivity contribution in [2.24, 2.45) is 0 Å². The maximum Gasteiger partial charge on any atom is 0.273 e. The second-order valence-corrected chi connectivity index (χ2v) is 6.12. The van der Waals surface area contributed by atoms with E-state index in [-0.39, 0.29) is 18.1 Å². The lowest BCUT2D eigenvalue weighted by Gasteiger charge is -1.98. The normalized spacial score (nSPS) is 10.7. The van der Waals surface area contributed by atoms with Crippen LogP contribution in [0.3, 0.4) is 0 Å². The van der Waals surface area contributed by atoms with E-state index in [4.69, 9.17) is 0 Å². The molecule has 0 unspecified atom stereocenters. The first-order valence-corrected chi connectivity index (χ1v) is 8.19. The van der Waals surface area contributed by atoms with Crippen molar-refractivity contribution in [2.45, 2.75) is 6.54 Å². The number of hydrogen-bond donors (Lipinski definition) is 2. The molecule has 0 radical (unpaired) electrons. The molecule has 4 rings (SSSR count). The molecule has 0 spiro atoms. The van der Waals surface area contributed by atoms with Gasteiger partial charge in [0.25, 0.3) is 5.91 Å². The summed E-state index contributed by atoms with van der Waals surface area (Å²) in [5.41, 5.74) is 1.91. The van der Waals surface area contributed by atoms with Crippen molar-refractivity contribution in [1.82, 2.24) is 40.7 Å². The number of nitrogens with zero attached hydrogens (tertiary/aromatic N) is 6. The van der Waals surface area contributed by atoms with Gasteiger partial charge in [-0.15, -0.1) is 15.3 Å². The Balaban J connectivity index is 1.40. The standard InChI is InChI=1S/C15H12N8OS/c24-14(12-9-23(22-19-12)11-6-17-18-7-11)16-8-13-20-21-15(25-13)10-4-2-1-3-5-10/h1-7,9H,8H2,(H,16,24)(H,17,18). The van der Waals surface area contributed by atoms with Crippen LogP contribution in [0.25, 0.3) is 16.3 Å². The topological polar surface area (TPSA) is 114 Å². The molecule has 0 atom stereocenters. The van der Waals surface area contributed by atoms with Gasteiger partial charge < -0.3 is 5.32 Å². The van der Waals surface area contributed by atoms with Crippen LogP contribution in [-0.4, -0.2) is 41.3 Å². The van der Waals surface area contributed by atoms with Crippen molar-refractivity contribution in [3.63, 3.8) is 0 Å². The number of hydrogen-bond acceptors (Lipinski definition) is 7. The molecule has 25 heavy (non-hydrogen) atoms. The maximum absolute atomic E-state index is 12.2. The van der Waals surface area contributed by atoms with Crippen molar-refractivity contribution in [3.05, 3.63) is 59.6 Å². The summed E-state index contributed by atoms with van der Waals surface area (Å²) in [6, 6.07) is 9.78. The van der Waals surface area contributed by atoms with Crippen molar-refractivity contribution >= 4 is 17.2 Å². The van der Waals surface area contributed by atoms with Crippen LogP contribution in [0, 0.1) is 0 Å². The number of nitrogens with one attached hydrogen (secondary N) is 2. The number of rotatable bonds is 5. The van der Waals surface area contributed by atoms with Gasteiger partial charge in [-0.25, -0.2) is 4.68 Å². The molecule has 0 bridgehead atoms. The number of H-pyrrole nitrogens is 1. The second-order valence-electron chi connectivity index (χ2n) is 5.05. The smallest absolute Gasteiger partial charge is 0.273 e. The predicted molar refractivity (Wildman–Crippen MR) is 90.0 cm³/mol. The summed E-state index contributed by atoms with van der Waals surface area (Å²) < 4.78 is 1.47. The fraction of sp³-hybridized carbons (Fsp3) is 0.0667. The molecule has 3 aromatic heterocycles. The molecule has 1 amide bonds. The first-order valence-electron chi connectivity index (χ1n) is 7.37. The van der Waals surface area contributed by atoms with Crippen molar-refractivity contribution in [2.75, 3.05) is 0 Å². The summed E-state index contributed by atoms with van der Waals surface area (Å²) in [6.45, 7) is 0.280. The Hall–Kier alpha value is -3.40. The van der Waals surface area contributed by atoms with Crippen LogP contribution in [0.1, 0.15) is 15.5 Å². The maximum atomic E-state index is 12.2. The van der Waals surface area contributed by atoms with Crippen molar-refractivity contribution in [1.29, 1.82) is 0 Å². The first kappa shape index (κ1) is 15.1. The Morgan fingerprint density at radius 1 is 1.20 bits per heavy atom. The number of aromatic amines is 1. The zero-order valence-corrected chi connectivity index (χ0v) is 13.6. The van der Waals surface area contributed by atoms with Gasteiger partial charge in [0.2, 0.25) is 0 Å². The van der Waals surface area contributed by atoms with Crippen LogP contribution >= 0.6 is 11.3 Å². The second kappa shape index (κ2) is 6.61. The van der Waals surface area contributed by atoms with E-state index in [2.05, 4.69) is 36.0 Å². The Bertz CT molecular complexity index is 976. The zero-order valence-electron chi connectivity index (χ0n) is 12.8. The molecular weight excluding hydrogens is 340 g/mol. The molecular formula is C15H12N8OS. The predicted octanol–water partition coefficient (Wildman–Crippen LogP) is 1.44. The van der Waals surface area contributed by atoms with Gasteiger partial charge in [0, 0.05) is 11.8 Å². The van der Waals surface area contributed by atoms with Gasteiger partial charge in [-0.2, -0.15) is 5.10 Å². The minimum atomic E-state index is -0.328. The van der Waals surface area contributed by atoms with E-state index in [1.54, 1.807) is 12.4 Å². The van der Waals surface area contributed by atoms with Crippen LogP contribution in [0.5, 0.6) is 0 Å². The van der Waals surface area contributed by atoms with E-state index < -0.39 is 0 Å². The molecule has 9 nitrogen and oxygen atoms in total. The molecule has 10 heteroatoms. The average molecular weight is 352 g/mol. The zero-order chi connectivity index (χ0) is 17.1. The van der Waals surface area contributed by atoms with Gasteiger partial charge in [0.1, 0.15) is 15.7 Å². The van der Waals surface area contributed by atoms with Crippen LogP contribution in [0.15, 0.2) is 48.9 Å². The number of carbonyl (C=O) groups excluding carboxylic acids is 1. The van der Waals surface area contributed by atoms with E-state index in [0.717, 1.165) is 15.6 Å². The molecule has 3 heterocycles. The molecule has 124 valence electrons. The molecule has 1 aromatic carbocycles. The molecule has 0 aliphatic heterocycles. The molecule has 0 fully saturated rings. The van der Waals surface area contributed by atoms with Crippen molar-refractivity contribution < 1.29 is 4.79 Å². The van der Waals surface area contributed by atoms with Crippen LogP contribution in [-0.2, 0) is 6.54 Å². The van der Waals surface area contributed by atoms with Crippen LogP contribution in [0.4, 0.5) is 0 Å². The monoisotopic (exact) mass is 352 g/mol. The Kier molecular flexibility index (Phi) is 4.01. The average Bonchev–Trinajstić information content (AvgIpc) is 3.41. The SMILES string of the molecule is O=C(NCc1nnc(-c2ccccc2)s1)c1cn(-c2cn[nH]c2)nn1. The molecule has 2 N–H and O–H groups in total. The largest absolute Gasteiger partial charge is 0.344 e. The first-order chi connectivity index (χ1) is 12.3. The highest BCUT2D eigenvalue weighted by atomic mass is 32.1. The van der Waals surface area contributed by atoms with E-state index in [0.29, 0.717) is 5.69 Å². The van der Waals surface area contributed by atoms with Gasteiger partial charge in [0.15, 0.2) is 5.69 Å². The van der Waals surface area contributed by atoms with Crippen LogP contribution < -0.4 is 5.32 Å². The third-order valence-corrected chi connectivity index (χ3v) is 4.33. The van der Waals surface area contributed by atoms with Gasteiger partial charge in [-0.1, -0.05) is 46.9 Å². The third kappa shape index (κ3) is 3.28. The summed E-state index contributed by atoms with van der Waals surface area (Å²) in [5, 5.41) is 26.8. The summed E-state index contributed by atoms with van der Waals surface area (Å²) in [5.74, 6) is -0.328. The number of carbonyl (C=O) groups is 1. The third-order valence-electron chi connectivity index (χ3n) is 3.36. The van der Waals surface area contributed by atoms with Gasteiger partial charge in [0.05, 0.1) is 18.9 Å². The van der Waals surface area contributed by atoms with E-state index in [1.165, 1.54) is 22.2 Å². The molecule has 0 saturated heterocycles. The fourth-order valence-corrected chi connectivity index (χ4v) is 2.92. The lowest BCUT2D eigenvalue weighted by atomic mass is 10.2. The van der Waals surface area contributed by atoms with Gasteiger partial charge >= 0.3 is 0 Å². The highest BCUT2D eigenvalue weighted by Crippen LogP contribution is 2.22. The number of amides is 1. The summed E-state index contributed by atoms with van der Waals surface area (Å²) >= 11 is 1.44. The van der Waals surface area contributed by atoms with Crippen molar-refractivity contribution in [3.8, 4) is 16.3 Å². The quantitative estimate of drug-likeness (QED) is 0.562. The molecule has 0 aliphatic rings. The molecule has 0 saturated carbocycles. The Morgan fingerprint density at radius 3 is 2.88 bits per heavy atom. The highest BCUT2D eigenvalue weighted by molar-refractivity contribution is 7.14. The van der Waals surface area contributed by atoms with Gasteiger partial charge in [-0.3, -0.25) is 9.89 Å². The minimum absolute atomic E-state index is 0.217. The van der Waals surface area contributed by atoms with E-state index in [9.17, 15) is 4.79 Å². The lowest BCUT2D eigenvalue weighted by molar-refractivity contribution is 0.0945. The molecule has 4 aromatic rings.